The average molecular weight is 454 g/mol. The number of benzene rings is 2. The Morgan fingerprint density at radius 2 is 1.78 bits per heavy atom. The van der Waals surface area contributed by atoms with Gasteiger partial charge in [0, 0.05) is 37.1 Å². The van der Waals surface area contributed by atoms with Gasteiger partial charge in [-0.3, -0.25) is 4.79 Å². The normalized spacial score (nSPS) is 13.8. The van der Waals surface area contributed by atoms with E-state index in [1.807, 2.05) is 29.2 Å². The fourth-order valence-electron chi connectivity index (χ4n) is 3.58. The summed E-state index contributed by atoms with van der Waals surface area (Å²) in [5, 5.41) is 2.37. The van der Waals surface area contributed by atoms with Gasteiger partial charge in [0.25, 0.3) is 5.91 Å². The molecule has 0 spiro atoms. The Kier molecular flexibility index (Phi) is 6.80. The van der Waals surface area contributed by atoms with Crippen molar-refractivity contribution in [2.75, 3.05) is 37.7 Å². The van der Waals surface area contributed by atoms with Crippen molar-refractivity contribution in [1.29, 1.82) is 0 Å². The summed E-state index contributed by atoms with van der Waals surface area (Å²) in [4.78, 5) is 32.7. The molecule has 0 unspecified atom stereocenters. The first-order valence-corrected chi connectivity index (χ1v) is 11.4. The smallest absolute Gasteiger partial charge is 0.358 e. The maximum Gasteiger partial charge on any atom is 0.358 e. The molecule has 8 heteroatoms. The molecule has 1 saturated heterocycles. The molecule has 1 aromatic heterocycles. The summed E-state index contributed by atoms with van der Waals surface area (Å²) in [5.74, 6) is -1.15. The van der Waals surface area contributed by atoms with Gasteiger partial charge in [0.1, 0.15) is 10.8 Å². The number of carbonyl (C=O) groups is 2. The first-order valence-electron chi connectivity index (χ1n) is 10.5. The van der Waals surface area contributed by atoms with Crippen LogP contribution in [0.3, 0.4) is 0 Å². The second kappa shape index (κ2) is 9.91. The Labute approximate surface area is 190 Å². The zero-order valence-electron chi connectivity index (χ0n) is 17.8. The highest BCUT2D eigenvalue weighted by Crippen LogP contribution is 2.25. The number of piperazine rings is 1. The van der Waals surface area contributed by atoms with E-state index in [0.29, 0.717) is 31.9 Å². The molecule has 0 saturated carbocycles. The molecule has 0 atom stereocenters. The zero-order chi connectivity index (χ0) is 22.5. The number of halogens is 1. The van der Waals surface area contributed by atoms with Crippen LogP contribution in [-0.4, -0.2) is 54.5 Å². The van der Waals surface area contributed by atoms with Crippen molar-refractivity contribution >= 4 is 28.9 Å². The van der Waals surface area contributed by atoms with Crippen LogP contribution in [0.25, 0.3) is 10.6 Å². The van der Waals surface area contributed by atoms with Gasteiger partial charge in [0.05, 0.1) is 5.69 Å². The highest BCUT2D eigenvalue weighted by Gasteiger charge is 2.24. The third-order valence-electron chi connectivity index (χ3n) is 5.47. The predicted molar refractivity (Wildman–Crippen MR) is 122 cm³/mol. The third kappa shape index (κ3) is 4.96. The van der Waals surface area contributed by atoms with E-state index >= 15 is 0 Å². The Bertz CT molecular complexity index is 1090. The number of anilines is 1. The number of carbonyl (C=O) groups excluding carboxylic acids is 2. The minimum Gasteiger partial charge on any atom is -0.451 e. The average Bonchev–Trinajstić information content (AvgIpc) is 3.33. The number of aryl methyl sites for hydroxylation is 1. The van der Waals surface area contributed by atoms with E-state index in [-0.39, 0.29) is 24.0 Å². The van der Waals surface area contributed by atoms with Gasteiger partial charge in [-0.1, -0.05) is 43.3 Å². The topological polar surface area (TPSA) is 62.7 Å². The van der Waals surface area contributed by atoms with Crippen molar-refractivity contribution in [3.8, 4) is 10.6 Å². The van der Waals surface area contributed by atoms with Crippen LogP contribution in [0, 0.1) is 5.82 Å². The van der Waals surface area contributed by atoms with Crippen molar-refractivity contribution in [2.24, 2.45) is 0 Å². The number of nitrogens with zero attached hydrogens (tertiary/aromatic N) is 3. The standard InChI is InChI=1S/C24H24FN3O3S/c1-2-17-7-9-18(10-8-17)23-26-20(16-32-23)24(30)31-15-22(29)28-13-11-27(12-14-28)21-6-4-3-5-19(21)25/h3-10,16H,2,11-15H2,1H3. The largest absolute Gasteiger partial charge is 0.451 e. The van der Waals surface area contributed by atoms with Crippen molar-refractivity contribution < 1.29 is 18.7 Å². The van der Waals surface area contributed by atoms with Gasteiger partial charge in [-0.15, -0.1) is 11.3 Å². The summed E-state index contributed by atoms with van der Waals surface area (Å²) < 4.78 is 19.2. The van der Waals surface area contributed by atoms with Crippen LogP contribution in [0.5, 0.6) is 0 Å². The SMILES string of the molecule is CCc1ccc(-c2nc(C(=O)OCC(=O)N3CCN(c4ccccc4F)CC3)cs2)cc1. The number of amides is 1. The molecule has 1 fully saturated rings. The maximum atomic E-state index is 14.0. The van der Waals surface area contributed by atoms with Crippen LogP contribution in [-0.2, 0) is 16.0 Å². The lowest BCUT2D eigenvalue weighted by Crippen LogP contribution is -2.50. The van der Waals surface area contributed by atoms with Crippen LogP contribution in [0.15, 0.2) is 53.9 Å². The highest BCUT2D eigenvalue weighted by molar-refractivity contribution is 7.13. The Balaban J connectivity index is 1.28. The summed E-state index contributed by atoms with van der Waals surface area (Å²) in [5.41, 5.74) is 2.91. The molecule has 4 rings (SSSR count). The molecular weight excluding hydrogens is 429 g/mol. The van der Waals surface area contributed by atoms with Gasteiger partial charge < -0.3 is 14.5 Å². The summed E-state index contributed by atoms with van der Waals surface area (Å²) in [6, 6.07) is 14.7. The quantitative estimate of drug-likeness (QED) is 0.528. The fourth-order valence-corrected chi connectivity index (χ4v) is 4.38. The lowest BCUT2D eigenvalue weighted by Gasteiger charge is -2.36. The maximum absolute atomic E-state index is 14.0. The van der Waals surface area contributed by atoms with E-state index in [1.54, 1.807) is 28.5 Å². The Morgan fingerprint density at radius 3 is 2.47 bits per heavy atom. The molecule has 2 heterocycles. The lowest BCUT2D eigenvalue weighted by molar-refractivity contribution is -0.134. The third-order valence-corrected chi connectivity index (χ3v) is 6.37. The number of hydrogen-bond acceptors (Lipinski definition) is 6. The molecule has 6 nitrogen and oxygen atoms in total. The molecule has 2 aromatic carbocycles. The van der Waals surface area contributed by atoms with Crippen molar-refractivity contribution in [3.63, 3.8) is 0 Å². The van der Waals surface area contributed by atoms with Gasteiger partial charge in [-0.2, -0.15) is 0 Å². The minimum absolute atomic E-state index is 0.196. The van der Waals surface area contributed by atoms with Crippen LogP contribution in [0.4, 0.5) is 10.1 Å². The zero-order valence-corrected chi connectivity index (χ0v) is 18.6. The molecule has 3 aromatic rings. The summed E-state index contributed by atoms with van der Waals surface area (Å²) in [6.45, 7) is 3.69. The van der Waals surface area contributed by atoms with Crippen molar-refractivity contribution in [2.45, 2.75) is 13.3 Å². The van der Waals surface area contributed by atoms with E-state index in [2.05, 4.69) is 11.9 Å². The summed E-state index contributed by atoms with van der Waals surface area (Å²) in [6.07, 6.45) is 0.960. The lowest BCUT2D eigenvalue weighted by atomic mass is 10.1. The molecule has 166 valence electrons. The van der Waals surface area contributed by atoms with Gasteiger partial charge in [0.2, 0.25) is 0 Å². The number of hydrogen-bond donors (Lipinski definition) is 0. The monoisotopic (exact) mass is 453 g/mol. The first kappa shape index (κ1) is 22.0. The van der Waals surface area contributed by atoms with E-state index in [9.17, 15) is 14.0 Å². The first-order chi connectivity index (χ1) is 15.5. The molecule has 0 aliphatic carbocycles. The second-order valence-electron chi connectivity index (χ2n) is 7.48. The minimum atomic E-state index is -0.615. The van der Waals surface area contributed by atoms with Crippen LogP contribution in [0.1, 0.15) is 23.0 Å². The molecule has 0 N–H and O–H groups in total. The number of esters is 1. The molecule has 32 heavy (non-hydrogen) atoms. The highest BCUT2D eigenvalue weighted by atomic mass is 32.1. The molecule has 0 radical (unpaired) electrons. The predicted octanol–water partition coefficient (Wildman–Crippen LogP) is 4.02. The summed E-state index contributed by atoms with van der Waals surface area (Å²) in [7, 11) is 0. The number of para-hydroxylation sites is 1. The van der Waals surface area contributed by atoms with E-state index in [1.165, 1.54) is 23.0 Å². The van der Waals surface area contributed by atoms with E-state index < -0.39 is 5.97 Å². The summed E-state index contributed by atoms with van der Waals surface area (Å²) >= 11 is 1.36. The molecular formula is C24H24FN3O3S. The Hall–Kier alpha value is -3.26. The molecule has 0 bridgehead atoms. The van der Waals surface area contributed by atoms with Gasteiger partial charge in [-0.05, 0) is 24.1 Å². The second-order valence-corrected chi connectivity index (χ2v) is 8.34. The number of aromatic nitrogens is 1. The van der Waals surface area contributed by atoms with Crippen LogP contribution < -0.4 is 4.90 Å². The van der Waals surface area contributed by atoms with Crippen LogP contribution in [0.2, 0.25) is 0 Å². The molecule has 1 amide bonds. The molecule has 1 aliphatic heterocycles. The number of ether oxygens (including phenoxy) is 1. The van der Waals surface area contributed by atoms with Gasteiger partial charge in [0.15, 0.2) is 12.3 Å². The van der Waals surface area contributed by atoms with Crippen LogP contribution >= 0.6 is 11.3 Å². The number of thiazole rings is 1. The Morgan fingerprint density at radius 1 is 1.06 bits per heavy atom. The van der Waals surface area contributed by atoms with E-state index in [0.717, 1.165) is 17.0 Å². The van der Waals surface area contributed by atoms with Crippen molar-refractivity contribution in [3.05, 3.63) is 71.0 Å². The van der Waals surface area contributed by atoms with Gasteiger partial charge in [-0.25, -0.2) is 14.2 Å². The number of rotatable bonds is 6. The molecule has 1 aliphatic rings. The van der Waals surface area contributed by atoms with Crippen molar-refractivity contribution in [1.82, 2.24) is 9.88 Å². The van der Waals surface area contributed by atoms with E-state index in [4.69, 9.17) is 4.74 Å². The van der Waals surface area contributed by atoms with Gasteiger partial charge >= 0.3 is 5.97 Å². The fraction of sp³-hybridized carbons (Fsp3) is 0.292.